The second-order valence-corrected chi connectivity index (χ2v) is 13.4. The highest BCUT2D eigenvalue weighted by Gasteiger charge is 2.39. The number of carbonyl (C=O) groups is 2. The normalized spacial score (nSPS) is 15.0. The van der Waals surface area contributed by atoms with E-state index in [0.29, 0.717) is 22.8 Å². The van der Waals surface area contributed by atoms with Crippen molar-refractivity contribution in [3.8, 4) is 11.5 Å². The Morgan fingerprint density at radius 3 is 2.15 bits per heavy atom. The van der Waals surface area contributed by atoms with Crippen molar-refractivity contribution < 1.29 is 19.1 Å². The predicted molar refractivity (Wildman–Crippen MR) is 190 cm³/mol. The van der Waals surface area contributed by atoms with Gasteiger partial charge in [-0.25, -0.2) is 0 Å². The van der Waals surface area contributed by atoms with Gasteiger partial charge in [-0.15, -0.1) is 0 Å². The Bertz CT molecular complexity index is 1740. The third kappa shape index (κ3) is 7.57. The third-order valence-corrected chi connectivity index (χ3v) is 9.25. The third-order valence-electron chi connectivity index (χ3n) is 9.25. The van der Waals surface area contributed by atoms with Crippen LogP contribution < -0.4 is 19.8 Å². The zero-order valence-electron chi connectivity index (χ0n) is 28.5. The fraction of sp³-hybridized carbons (Fsp3) is 0.325. The van der Waals surface area contributed by atoms with Crippen LogP contribution in [0.2, 0.25) is 0 Å². The van der Waals surface area contributed by atoms with E-state index >= 15 is 0 Å². The molecule has 4 aromatic carbocycles. The van der Waals surface area contributed by atoms with Crippen molar-refractivity contribution in [1.29, 1.82) is 0 Å². The Hall–Kier alpha value is -4.91. The number of carbonyl (C=O) groups excluding carboxylic acids is 2. The van der Waals surface area contributed by atoms with E-state index in [1.165, 1.54) is 10.6 Å². The summed E-state index contributed by atoms with van der Waals surface area (Å²) in [6.07, 6.45) is 1.06. The van der Waals surface area contributed by atoms with E-state index in [2.05, 4.69) is 64.1 Å². The summed E-state index contributed by atoms with van der Waals surface area (Å²) in [6, 6.07) is 30.5. The second-order valence-electron chi connectivity index (χ2n) is 13.4. The van der Waals surface area contributed by atoms with Gasteiger partial charge in [-0.3, -0.25) is 9.59 Å². The van der Waals surface area contributed by atoms with Gasteiger partial charge in [0.05, 0.1) is 5.69 Å². The average Bonchev–Trinajstić information content (AvgIpc) is 3.40. The minimum atomic E-state index is -0.902. The maximum absolute atomic E-state index is 13.7. The maximum Gasteiger partial charge on any atom is 0.294 e. The molecular formula is C40H45N3O4. The molecule has 0 aromatic heterocycles. The molecule has 47 heavy (non-hydrogen) atoms. The molecule has 0 saturated carbocycles. The molecule has 0 aliphatic carbocycles. The van der Waals surface area contributed by atoms with Crippen LogP contribution >= 0.6 is 0 Å². The van der Waals surface area contributed by atoms with Crippen molar-refractivity contribution in [2.45, 2.75) is 78.2 Å². The van der Waals surface area contributed by atoms with Gasteiger partial charge in [0.1, 0.15) is 17.2 Å². The van der Waals surface area contributed by atoms with E-state index in [1.807, 2.05) is 67.6 Å². The van der Waals surface area contributed by atoms with E-state index in [0.717, 1.165) is 35.3 Å². The number of ether oxygens (including phenoxy) is 2. The SMILES string of the molecule is CCC(C)(C)c1ccc(OCC(=O)Nc2ccc(N3N=C(c4ccccc4)C(Oc4ccc(C)cc4)C3=O)cc2)c(C(C)(C)CC)c1. The van der Waals surface area contributed by atoms with Crippen molar-refractivity contribution in [2.75, 3.05) is 16.9 Å². The first kappa shape index (κ1) is 33.5. The van der Waals surface area contributed by atoms with Crippen molar-refractivity contribution in [1.82, 2.24) is 0 Å². The summed E-state index contributed by atoms with van der Waals surface area (Å²) >= 11 is 0. The summed E-state index contributed by atoms with van der Waals surface area (Å²) in [5, 5.41) is 8.96. The first-order valence-corrected chi connectivity index (χ1v) is 16.3. The monoisotopic (exact) mass is 631 g/mol. The fourth-order valence-electron chi connectivity index (χ4n) is 5.33. The van der Waals surface area contributed by atoms with Crippen LogP contribution in [0.15, 0.2) is 102 Å². The van der Waals surface area contributed by atoms with Crippen LogP contribution in [0.3, 0.4) is 0 Å². The zero-order valence-corrected chi connectivity index (χ0v) is 28.5. The van der Waals surface area contributed by atoms with Gasteiger partial charge in [0.25, 0.3) is 11.8 Å². The number of hydrogen-bond donors (Lipinski definition) is 1. The number of nitrogens with one attached hydrogen (secondary N) is 1. The predicted octanol–water partition coefficient (Wildman–Crippen LogP) is 8.59. The van der Waals surface area contributed by atoms with Crippen LogP contribution in [-0.2, 0) is 20.4 Å². The summed E-state index contributed by atoms with van der Waals surface area (Å²) in [6.45, 7) is 15.1. The molecule has 1 unspecified atom stereocenters. The van der Waals surface area contributed by atoms with E-state index in [9.17, 15) is 9.59 Å². The molecule has 1 atom stereocenters. The van der Waals surface area contributed by atoms with Gasteiger partial charge in [0.2, 0.25) is 6.10 Å². The summed E-state index contributed by atoms with van der Waals surface area (Å²) in [4.78, 5) is 26.6. The Morgan fingerprint density at radius 2 is 1.51 bits per heavy atom. The highest BCUT2D eigenvalue weighted by molar-refractivity contribution is 6.24. The molecule has 2 amide bonds. The van der Waals surface area contributed by atoms with Crippen molar-refractivity contribution >= 4 is 28.9 Å². The van der Waals surface area contributed by atoms with E-state index in [1.54, 1.807) is 24.3 Å². The van der Waals surface area contributed by atoms with Gasteiger partial charge in [-0.2, -0.15) is 10.1 Å². The molecule has 0 bridgehead atoms. The molecule has 1 N–H and O–H groups in total. The van der Waals surface area contributed by atoms with Gasteiger partial charge in [0.15, 0.2) is 6.61 Å². The Labute approximate surface area is 278 Å². The number of hydrazone groups is 1. The van der Waals surface area contributed by atoms with Gasteiger partial charge in [-0.05, 0) is 78.6 Å². The van der Waals surface area contributed by atoms with Crippen LogP contribution in [0.4, 0.5) is 11.4 Å². The first-order valence-electron chi connectivity index (χ1n) is 16.3. The van der Waals surface area contributed by atoms with Gasteiger partial charge in [0, 0.05) is 16.8 Å². The smallest absolute Gasteiger partial charge is 0.294 e. The molecule has 7 heteroatoms. The molecule has 244 valence electrons. The minimum absolute atomic E-state index is 0.0454. The lowest BCUT2D eigenvalue weighted by atomic mass is 9.76. The largest absolute Gasteiger partial charge is 0.483 e. The molecule has 0 spiro atoms. The van der Waals surface area contributed by atoms with Crippen molar-refractivity contribution in [3.63, 3.8) is 0 Å². The number of benzene rings is 4. The topological polar surface area (TPSA) is 80.2 Å². The summed E-state index contributed by atoms with van der Waals surface area (Å²) < 4.78 is 12.3. The van der Waals surface area contributed by atoms with E-state index in [-0.39, 0.29) is 29.3 Å². The van der Waals surface area contributed by atoms with Gasteiger partial charge < -0.3 is 14.8 Å². The molecule has 0 radical (unpaired) electrons. The molecule has 1 heterocycles. The zero-order chi connectivity index (χ0) is 33.8. The average molecular weight is 632 g/mol. The molecule has 5 rings (SSSR count). The number of anilines is 2. The highest BCUT2D eigenvalue weighted by atomic mass is 16.5. The molecule has 0 saturated heterocycles. The number of rotatable bonds is 12. The van der Waals surface area contributed by atoms with Crippen LogP contribution in [-0.4, -0.2) is 30.2 Å². The molecule has 1 aliphatic heterocycles. The lowest BCUT2D eigenvalue weighted by molar-refractivity contribution is -0.122. The lowest BCUT2D eigenvalue weighted by Gasteiger charge is -2.30. The first-order chi connectivity index (χ1) is 22.4. The highest BCUT2D eigenvalue weighted by Crippen LogP contribution is 2.38. The fourth-order valence-corrected chi connectivity index (χ4v) is 5.33. The van der Waals surface area contributed by atoms with Crippen molar-refractivity contribution in [3.05, 3.63) is 119 Å². The summed E-state index contributed by atoms with van der Waals surface area (Å²) in [5.74, 6) is 0.740. The number of nitrogens with zero attached hydrogens (tertiary/aromatic N) is 2. The quantitative estimate of drug-likeness (QED) is 0.170. The number of hydrogen-bond acceptors (Lipinski definition) is 5. The van der Waals surface area contributed by atoms with Gasteiger partial charge in [-0.1, -0.05) is 102 Å². The van der Waals surface area contributed by atoms with Crippen LogP contribution in [0, 0.1) is 6.92 Å². The molecule has 7 nitrogen and oxygen atoms in total. The number of aryl methyl sites for hydroxylation is 1. The van der Waals surface area contributed by atoms with Gasteiger partial charge >= 0.3 is 0 Å². The number of amides is 2. The Morgan fingerprint density at radius 1 is 0.851 bits per heavy atom. The lowest BCUT2D eigenvalue weighted by Crippen LogP contribution is -2.37. The molecule has 1 aliphatic rings. The van der Waals surface area contributed by atoms with E-state index in [4.69, 9.17) is 9.47 Å². The van der Waals surface area contributed by atoms with E-state index < -0.39 is 6.10 Å². The van der Waals surface area contributed by atoms with Crippen molar-refractivity contribution in [2.24, 2.45) is 5.10 Å². The second kappa shape index (κ2) is 13.8. The summed E-state index contributed by atoms with van der Waals surface area (Å²) in [7, 11) is 0. The Kier molecular flexibility index (Phi) is 9.85. The van der Waals surface area contributed by atoms with Crippen LogP contribution in [0.1, 0.15) is 76.6 Å². The molecular weight excluding hydrogens is 586 g/mol. The molecule has 4 aromatic rings. The Balaban J connectivity index is 1.29. The van der Waals surface area contributed by atoms with Crippen LogP contribution in [0.5, 0.6) is 11.5 Å². The van der Waals surface area contributed by atoms with Crippen LogP contribution in [0.25, 0.3) is 0 Å². The standard InChI is InChI=1S/C40H45N3O4/c1-8-39(4,5)29-17-24-34(33(25-29)40(6,7)9-2)46-26-35(44)41-30-18-20-31(21-19-30)43-38(45)37(47-32-22-15-27(3)16-23-32)36(42-43)28-13-11-10-12-14-28/h10-25,37H,8-9,26H2,1-7H3,(H,41,44). The molecule has 0 fully saturated rings. The maximum atomic E-state index is 13.7. The summed E-state index contributed by atoms with van der Waals surface area (Å²) in [5.41, 5.74) is 5.89. The minimum Gasteiger partial charge on any atom is -0.483 e.